The monoisotopic (exact) mass is 438 g/mol. The average Bonchev–Trinajstić information content (AvgIpc) is 2.74. The van der Waals surface area contributed by atoms with E-state index in [1.54, 1.807) is 0 Å². The van der Waals surface area contributed by atoms with Crippen molar-refractivity contribution in [3.05, 3.63) is 0 Å². The van der Waals surface area contributed by atoms with E-state index in [0.29, 0.717) is 25.7 Å². The van der Waals surface area contributed by atoms with E-state index in [1.807, 2.05) is 0 Å². The molecule has 0 aromatic heterocycles. The third-order valence-corrected chi connectivity index (χ3v) is 22.4. The summed E-state index contributed by atoms with van der Waals surface area (Å²) >= 11 is 0. The van der Waals surface area contributed by atoms with Gasteiger partial charge in [0.05, 0.1) is 0 Å². The zero-order valence-corrected chi connectivity index (χ0v) is 21.8. The molecule has 0 atom stereocenters. The van der Waals surface area contributed by atoms with Gasteiger partial charge in [0.15, 0.2) is 0 Å². The summed E-state index contributed by atoms with van der Waals surface area (Å²) in [5.41, 5.74) is 0. The fraction of sp³-hybridized carbons (Fsp3) is 0.909. The molecule has 0 unspecified atom stereocenters. The van der Waals surface area contributed by atoms with Crippen LogP contribution in [0.5, 0.6) is 0 Å². The Morgan fingerprint density at radius 1 is 0.500 bits per heavy atom. The molecule has 0 amide bonds. The molecular weight excluding hydrogens is 390 g/mol. The molecule has 0 fully saturated rings. The first-order valence-electron chi connectivity index (χ1n) is 11.6. The molecular formula is C22H48O4P2. The van der Waals surface area contributed by atoms with Crippen LogP contribution in [0.3, 0.4) is 0 Å². The Balaban J connectivity index is 4.68. The fourth-order valence-corrected chi connectivity index (χ4v) is 12.1. The molecule has 0 aromatic carbocycles. The van der Waals surface area contributed by atoms with Crippen LogP contribution in [-0.2, 0) is 18.6 Å². The summed E-state index contributed by atoms with van der Waals surface area (Å²) in [6.07, 6.45) is 9.86. The van der Waals surface area contributed by atoms with Crippen LogP contribution in [0.15, 0.2) is 0 Å². The van der Waals surface area contributed by atoms with Crippen molar-refractivity contribution in [3.63, 3.8) is 0 Å². The first kappa shape index (κ1) is 27.8. The minimum atomic E-state index is -2.36. The van der Waals surface area contributed by atoms with Crippen LogP contribution in [0.2, 0.25) is 0 Å². The summed E-state index contributed by atoms with van der Waals surface area (Å²) in [5, 5.41) is 0. The summed E-state index contributed by atoms with van der Waals surface area (Å²) in [6, 6.07) is 0. The maximum absolute atomic E-state index is 12.5. The number of hydrogen-bond acceptors (Lipinski definition) is 4. The summed E-state index contributed by atoms with van der Waals surface area (Å²) in [6.45, 7) is 12.5. The molecule has 0 aliphatic heterocycles. The van der Waals surface area contributed by atoms with E-state index in [-0.39, 0.29) is 11.9 Å². The Labute approximate surface area is 174 Å². The molecule has 0 saturated carbocycles. The Morgan fingerprint density at radius 3 is 0.893 bits per heavy atom. The molecule has 0 spiro atoms. The third kappa shape index (κ3) is 6.15. The molecule has 0 heterocycles. The summed E-state index contributed by atoms with van der Waals surface area (Å²) in [5.74, 6) is -0.162. The van der Waals surface area contributed by atoms with Crippen molar-refractivity contribution in [1.82, 2.24) is 0 Å². The van der Waals surface area contributed by atoms with Crippen molar-refractivity contribution in [1.29, 1.82) is 0 Å². The van der Waals surface area contributed by atoms with Gasteiger partial charge in [-0.15, -0.1) is 0 Å². The third-order valence-electron chi connectivity index (χ3n) is 8.13. The van der Waals surface area contributed by atoms with Gasteiger partial charge in [0.25, 0.3) is 0 Å². The Morgan fingerprint density at radius 2 is 0.714 bits per heavy atom. The average molecular weight is 439 g/mol. The van der Waals surface area contributed by atoms with Crippen LogP contribution in [0.1, 0.15) is 81.1 Å². The Bertz CT molecular complexity index is 418. The molecule has 0 rings (SSSR count). The molecule has 0 aromatic rings. The number of unbranched alkanes of at least 4 members (excludes halogenated alkanes) is 1. The molecule has 0 saturated heterocycles. The predicted molar refractivity (Wildman–Crippen MR) is 129 cm³/mol. The summed E-state index contributed by atoms with van der Waals surface area (Å²) in [4.78, 5) is 25.0. The molecule has 28 heavy (non-hydrogen) atoms. The van der Waals surface area contributed by atoms with E-state index in [2.05, 4.69) is 55.4 Å². The van der Waals surface area contributed by atoms with Gasteiger partial charge in [0.1, 0.15) is 0 Å². The summed E-state index contributed by atoms with van der Waals surface area (Å²) < 4.78 is 12.4. The Hall–Kier alpha value is -0.200. The quantitative estimate of drug-likeness (QED) is 0.210. The van der Waals surface area contributed by atoms with Crippen LogP contribution in [0.25, 0.3) is 0 Å². The van der Waals surface area contributed by atoms with E-state index >= 15 is 0 Å². The Kier molecular flexibility index (Phi) is 11.2. The predicted octanol–water partition coefficient (Wildman–Crippen LogP) is 6.73. The van der Waals surface area contributed by atoms with Crippen LogP contribution >= 0.6 is 13.7 Å². The van der Waals surface area contributed by atoms with Crippen molar-refractivity contribution in [2.75, 3.05) is 49.3 Å². The number of hydrogen-bond donors (Lipinski definition) is 0. The van der Waals surface area contributed by atoms with Crippen molar-refractivity contribution >= 4 is 25.6 Å². The van der Waals surface area contributed by atoms with Gasteiger partial charge in [-0.3, -0.25) is 0 Å². The van der Waals surface area contributed by atoms with Gasteiger partial charge in [-0.05, 0) is 0 Å². The van der Waals surface area contributed by atoms with E-state index in [4.69, 9.17) is 9.05 Å². The standard InChI is InChI=1S/C22H48O4P2/c1-9-27(10-2,11-3,12-4)25-21(23)19-17-18-20-22(24)26-28(13-5,14-6,15-7)16-8/h9-20H2,1-8H3. The normalized spacial score (nSPS) is 15.1. The molecule has 6 heteroatoms. The molecule has 0 aliphatic carbocycles. The van der Waals surface area contributed by atoms with Crippen molar-refractivity contribution in [3.8, 4) is 0 Å². The van der Waals surface area contributed by atoms with Crippen LogP contribution in [-0.4, -0.2) is 61.2 Å². The van der Waals surface area contributed by atoms with Crippen molar-refractivity contribution < 1.29 is 18.6 Å². The van der Waals surface area contributed by atoms with Gasteiger partial charge in [0.2, 0.25) is 0 Å². The summed E-state index contributed by atoms with van der Waals surface area (Å²) in [7, 11) is 0. The van der Waals surface area contributed by atoms with Crippen LogP contribution in [0.4, 0.5) is 0 Å². The second-order valence-electron chi connectivity index (χ2n) is 8.38. The van der Waals surface area contributed by atoms with Crippen molar-refractivity contribution in [2.24, 2.45) is 0 Å². The van der Waals surface area contributed by atoms with Crippen LogP contribution in [0, 0.1) is 0 Å². The molecule has 4 nitrogen and oxygen atoms in total. The second-order valence-corrected chi connectivity index (χ2v) is 21.2. The molecule has 0 aliphatic rings. The minimum absolute atomic E-state index is 0.0812. The fourth-order valence-electron chi connectivity index (χ4n) is 4.41. The first-order valence-corrected chi connectivity index (χ1v) is 17.4. The van der Waals surface area contributed by atoms with E-state index in [1.165, 1.54) is 0 Å². The second kappa shape index (κ2) is 11.3. The SMILES string of the molecule is CCP(CC)(CC)(CC)OC(=O)CCCCC(=O)OP(CC)(CC)(CC)CC. The van der Waals surface area contributed by atoms with Gasteiger partial charge in [-0.2, -0.15) is 0 Å². The van der Waals surface area contributed by atoms with Crippen LogP contribution < -0.4 is 0 Å². The number of carbonyl (C=O) groups is 2. The zero-order chi connectivity index (χ0) is 21.9. The van der Waals surface area contributed by atoms with E-state index in [0.717, 1.165) is 49.3 Å². The molecule has 0 N–H and O–H groups in total. The first-order chi connectivity index (χ1) is 13.1. The maximum atomic E-state index is 12.5. The van der Waals surface area contributed by atoms with Gasteiger partial charge in [0, 0.05) is 0 Å². The number of carbonyl (C=O) groups excluding carboxylic acids is 2. The van der Waals surface area contributed by atoms with E-state index in [9.17, 15) is 9.59 Å². The van der Waals surface area contributed by atoms with E-state index < -0.39 is 13.7 Å². The topological polar surface area (TPSA) is 52.6 Å². The molecule has 0 bridgehead atoms. The zero-order valence-electron chi connectivity index (χ0n) is 20.0. The van der Waals surface area contributed by atoms with Gasteiger partial charge in [-0.1, -0.05) is 0 Å². The van der Waals surface area contributed by atoms with Gasteiger partial charge in [-0.25, -0.2) is 0 Å². The molecule has 170 valence electrons. The van der Waals surface area contributed by atoms with Crippen molar-refractivity contribution in [2.45, 2.75) is 81.1 Å². The molecule has 0 radical (unpaired) electrons. The number of rotatable bonds is 15. The van der Waals surface area contributed by atoms with Gasteiger partial charge >= 0.3 is 175 Å². The van der Waals surface area contributed by atoms with Gasteiger partial charge < -0.3 is 0 Å².